The molecule has 0 unspecified atom stereocenters. The molecule has 25 heavy (non-hydrogen) atoms. The topological polar surface area (TPSA) is 114 Å². The molecule has 0 spiro atoms. The molecule has 1 aromatic carbocycles. The van der Waals surface area contributed by atoms with Gasteiger partial charge < -0.3 is 15.1 Å². The van der Waals surface area contributed by atoms with Gasteiger partial charge in [0.05, 0.1) is 24.3 Å². The van der Waals surface area contributed by atoms with Crippen LogP contribution < -0.4 is 10.6 Å². The molecule has 0 saturated carbocycles. The van der Waals surface area contributed by atoms with Crippen LogP contribution in [0.2, 0.25) is 5.02 Å². The standard InChI is InChI=1S/C16H14ClN3O5/c17-13-5-3-11(8-14(13)20(23)24)4-6-15(21)19-10-16(22)18-9-12-2-1-7-25-12/h1-8H,9-10H2,(H,18,22)(H,19,21)/b6-4+. The Bertz CT molecular complexity index is 802. The second-order valence-corrected chi connectivity index (χ2v) is 5.28. The summed E-state index contributed by atoms with van der Waals surface area (Å²) in [4.78, 5) is 33.5. The van der Waals surface area contributed by atoms with E-state index in [1.165, 1.54) is 36.6 Å². The van der Waals surface area contributed by atoms with Crippen molar-refractivity contribution in [2.24, 2.45) is 0 Å². The summed E-state index contributed by atoms with van der Waals surface area (Å²) in [6.07, 6.45) is 4.06. The Kier molecular flexibility index (Phi) is 6.30. The van der Waals surface area contributed by atoms with E-state index in [0.717, 1.165) is 0 Å². The number of benzene rings is 1. The predicted molar refractivity (Wildman–Crippen MR) is 90.7 cm³/mol. The van der Waals surface area contributed by atoms with E-state index in [9.17, 15) is 19.7 Å². The molecule has 2 amide bonds. The van der Waals surface area contributed by atoms with E-state index in [1.807, 2.05) is 0 Å². The number of nitrogens with one attached hydrogen (secondary N) is 2. The molecule has 0 bridgehead atoms. The summed E-state index contributed by atoms with van der Waals surface area (Å²) in [6.45, 7) is 0.0244. The lowest BCUT2D eigenvalue weighted by Gasteiger charge is -2.04. The minimum Gasteiger partial charge on any atom is -0.467 e. The average Bonchev–Trinajstić information content (AvgIpc) is 3.10. The van der Waals surface area contributed by atoms with Crippen molar-refractivity contribution in [2.45, 2.75) is 6.54 Å². The first-order valence-corrected chi connectivity index (χ1v) is 7.52. The van der Waals surface area contributed by atoms with Gasteiger partial charge in [-0.05, 0) is 29.8 Å². The number of hydrogen-bond donors (Lipinski definition) is 2. The van der Waals surface area contributed by atoms with Crippen molar-refractivity contribution in [3.8, 4) is 0 Å². The summed E-state index contributed by atoms with van der Waals surface area (Å²) >= 11 is 5.71. The van der Waals surface area contributed by atoms with Gasteiger partial charge in [0.1, 0.15) is 10.8 Å². The van der Waals surface area contributed by atoms with Crippen LogP contribution in [0.3, 0.4) is 0 Å². The first-order valence-electron chi connectivity index (χ1n) is 7.14. The van der Waals surface area contributed by atoms with E-state index >= 15 is 0 Å². The maximum atomic E-state index is 11.7. The normalized spacial score (nSPS) is 10.6. The molecule has 0 aliphatic rings. The molecule has 0 aliphatic heterocycles. The molecule has 0 radical (unpaired) electrons. The van der Waals surface area contributed by atoms with Crippen LogP contribution in [-0.2, 0) is 16.1 Å². The van der Waals surface area contributed by atoms with Crippen molar-refractivity contribution in [1.29, 1.82) is 0 Å². The van der Waals surface area contributed by atoms with Crippen molar-refractivity contribution in [2.75, 3.05) is 6.54 Å². The zero-order valence-electron chi connectivity index (χ0n) is 12.9. The van der Waals surface area contributed by atoms with Crippen LogP contribution in [0.4, 0.5) is 5.69 Å². The minimum atomic E-state index is -0.608. The van der Waals surface area contributed by atoms with Crippen LogP contribution in [0.5, 0.6) is 0 Å². The van der Waals surface area contributed by atoms with Gasteiger partial charge in [0.15, 0.2) is 0 Å². The molecular formula is C16H14ClN3O5. The summed E-state index contributed by atoms with van der Waals surface area (Å²) in [6, 6.07) is 7.58. The molecule has 8 nitrogen and oxygen atoms in total. The zero-order valence-corrected chi connectivity index (χ0v) is 13.7. The molecule has 1 aromatic heterocycles. The fourth-order valence-electron chi connectivity index (χ4n) is 1.83. The first-order chi connectivity index (χ1) is 12.0. The highest BCUT2D eigenvalue weighted by Crippen LogP contribution is 2.25. The summed E-state index contributed by atoms with van der Waals surface area (Å²) in [7, 11) is 0. The quantitative estimate of drug-likeness (QED) is 0.445. The number of carbonyl (C=O) groups is 2. The molecule has 2 N–H and O–H groups in total. The molecule has 9 heteroatoms. The number of hydrogen-bond acceptors (Lipinski definition) is 5. The average molecular weight is 364 g/mol. The smallest absolute Gasteiger partial charge is 0.288 e. The summed E-state index contributed by atoms with van der Waals surface area (Å²) in [5.41, 5.74) is 0.190. The molecule has 2 aromatic rings. The summed E-state index contributed by atoms with van der Waals surface area (Å²) in [5.74, 6) is -0.282. The Labute approximate surface area is 147 Å². The van der Waals surface area contributed by atoms with E-state index in [4.69, 9.17) is 16.0 Å². The van der Waals surface area contributed by atoms with Gasteiger partial charge in [-0.2, -0.15) is 0 Å². The number of furan rings is 1. The highest BCUT2D eigenvalue weighted by molar-refractivity contribution is 6.32. The van der Waals surface area contributed by atoms with Crippen LogP contribution in [-0.4, -0.2) is 23.3 Å². The van der Waals surface area contributed by atoms with Gasteiger partial charge in [-0.25, -0.2) is 0 Å². The van der Waals surface area contributed by atoms with E-state index in [1.54, 1.807) is 12.1 Å². The van der Waals surface area contributed by atoms with E-state index < -0.39 is 10.8 Å². The van der Waals surface area contributed by atoms with Crippen molar-refractivity contribution >= 4 is 35.2 Å². The van der Waals surface area contributed by atoms with Crippen LogP contribution in [0.15, 0.2) is 47.1 Å². The number of carbonyl (C=O) groups excluding carboxylic acids is 2. The highest BCUT2D eigenvalue weighted by Gasteiger charge is 2.11. The first kappa shape index (κ1) is 18.2. The Hall–Kier alpha value is -3.13. The molecule has 0 fully saturated rings. The number of nitro benzene ring substituents is 1. The van der Waals surface area contributed by atoms with Gasteiger partial charge >= 0.3 is 0 Å². The largest absolute Gasteiger partial charge is 0.467 e. The van der Waals surface area contributed by atoms with Gasteiger partial charge in [-0.3, -0.25) is 19.7 Å². The van der Waals surface area contributed by atoms with Crippen molar-refractivity contribution in [3.05, 3.63) is 69.1 Å². The van der Waals surface area contributed by atoms with Gasteiger partial charge in [0.2, 0.25) is 11.8 Å². The third kappa shape index (κ3) is 5.78. The lowest BCUT2D eigenvalue weighted by atomic mass is 10.2. The lowest BCUT2D eigenvalue weighted by Crippen LogP contribution is -2.35. The van der Waals surface area contributed by atoms with Crippen molar-refractivity contribution < 1.29 is 18.9 Å². The summed E-state index contributed by atoms with van der Waals surface area (Å²) in [5, 5.41) is 15.8. The number of amides is 2. The Morgan fingerprint density at radius 1 is 1.28 bits per heavy atom. The SMILES string of the molecule is O=C(/C=C/c1ccc(Cl)c([N+](=O)[O-])c1)NCC(=O)NCc1ccco1. The zero-order chi connectivity index (χ0) is 18.2. The number of nitrogens with zero attached hydrogens (tertiary/aromatic N) is 1. The molecule has 2 rings (SSSR count). The lowest BCUT2D eigenvalue weighted by molar-refractivity contribution is -0.384. The number of nitro groups is 1. The second kappa shape index (κ2) is 8.65. The Morgan fingerprint density at radius 2 is 2.08 bits per heavy atom. The molecule has 130 valence electrons. The van der Waals surface area contributed by atoms with Gasteiger partial charge in [0, 0.05) is 12.1 Å². The monoisotopic (exact) mass is 363 g/mol. The Morgan fingerprint density at radius 3 is 2.76 bits per heavy atom. The van der Waals surface area contributed by atoms with Crippen LogP contribution >= 0.6 is 11.6 Å². The predicted octanol–water partition coefficient (Wildman–Crippen LogP) is 2.29. The van der Waals surface area contributed by atoms with E-state index in [2.05, 4.69) is 10.6 Å². The van der Waals surface area contributed by atoms with Crippen molar-refractivity contribution in [3.63, 3.8) is 0 Å². The summed E-state index contributed by atoms with van der Waals surface area (Å²) < 4.78 is 5.06. The molecule has 1 heterocycles. The van der Waals surface area contributed by atoms with Crippen molar-refractivity contribution in [1.82, 2.24) is 10.6 Å². The van der Waals surface area contributed by atoms with Gasteiger partial charge in [0.25, 0.3) is 5.69 Å². The number of halogens is 1. The van der Waals surface area contributed by atoms with Gasteiger partial charge in [-0.15, -0.1) is 0 Å². The second-order valence-electron chi connectivity index (χ2n) is 4.88. The maximum absolute atomic E-state index is 11.7. The molecule has 0 atom stereocenters. The van der Waals surface area contributed by atoms with Crippen LogP contribution in [0.25, 0.3) is 6.08 Å². The van der Waals surface area contributed by atoms with Crippen LogP contribution in [0, 0.1) is 10.1 Å². The minimum absolute atomic E-state index is 0.0137. The molecular weight excluding hydrogens is 350 g/mol. The third-order valence-electron chi connectivity index (χ3n) is 3.06. The fourth-order valence-corrected chi connectivity index (χ4v) is 2.02. The highest BCUT2D eigenvalue weighted by atomic mass is 35.5. The molecule has 0 aliphatic carbocycles. The fraction of sp³-hybridized carbons (Fsp3) is 0.125. The third-order valence-corrected chi connectivity index (χ3v) is 3.38. The number of rotatable bonds is 7. The van der Waals surface area contributed by atoms with Crippen LogP contribution in [0.1, 0.15) is 11.3 Å². The molecule has 0 saturated heterocycles. The Balaban J connectivity index is 1.81. The van der Waals surface area contributed by atoms with E-state index in [-0.39, 0.29) is 29.7 Å². The van der Waals surface area contributed by atoms with E-state index in [0.29, 0.717) is 11.3 Å². The maximum Gasteiger partial charge on any atom is 0.288 e. The van der Waals surface area contributed by atoms with Gasteiger partial charge in [-0.1, -0.05) is 17.7 Å².